The Morgan fingerprint density at radius 2 is 1.77 bits per heavy atom. The fourth-order valence-electron chi connectivity index (χ4n) is 4.50. The molecule has 0 aliphatic carbocycles. The molecule has 4 aromatic rings. The number of hydrogen-bond donors (Lipinski definition) is 0. The Bertz CT molecular complexity index is 1360. The molecule has 2 aromatic carbocycles. The molecule has 0 spiro atoms. The van der Waals surface area contributed by atoms with Gasteiger partial charge in [-0.15, -0.1) is 0 Å². The molecule has 0 aliphatic rings. The number of esters is 1. The third-order valence-corrected chi connectivity index (χ3v) is 6.15. The molecule has 1 unspecified atom stereocenters. The number of imidazole rings is 1. The summed E-state index contributed by atoms with van der Waals surface area (Å²) in [4.78, 5) is 21.8. The van der Waals surface area contributed by atoms with Crippen molar-refractivity contribution >= 4 is 17.1 Å². The highest BCUT2D eigenvalue weighted by molar-refractivity contribution is 5.76. The Morgan fingerprint density at radius 1 is 1.03 bits per heavy atom. The van der Waals surface area contributed by atoms with Crippen LogP contribution in [0.3, 0.4) is 0 Å². The summed E-state index contributed by atoms with van der Waals surface area (Å²) in [6, 6.07) is 13.2. The molecule has 5 nitrogen and oxygen atoms in total. The minimum atomic E-state index is -0.683. The van der Waals surface area contributed by atoms with Gasteiger partial charge in [-0.25, -0.2) is 18.7 Å². The zero-order valence-corrected chi connectivity index (χ0v) is 20.4. The van der Waals surface area contributed by atoms with Crippen molar-refractivity contribution in [2.45, 2.75) is 53.0 Å². The van der Waals surface area contributed by atoms with Crippen LogP contribution < -0.4 is 0 Å². The molecule has 2 aromatic heterocycles. The minimum absolute atomic E-state index is 0.0373. The van der Waals surface area contributed by atoms with E-state index in [0.717, 1.165) is 51.9 Å². The molecule has 1 atom stereocenters. The smallest absolute Gasteiger partial charge is 0.306 e. The predicted molar refractivity (Wildman–Crippen MR) is 131 cm³/mol. The molecule has 0 saturated carbocycles. The Balaban J connectivity index is 1.67. The maximum absolute atomic E-state index is 14.6. The Morgan fingerprint density at radius 3 is 2.43 bits per heavy atom. The van der Waals surface area contributed by atoms with Crippen LogP contribution in [0.15, 0.2) is 48.5 Å². The van der Waals surface area contributed by atoms with Gasteiger partial charge in [-0.3, -0.25) is 4.79 Å². The Hall–Kier alpha value is -3.61. The van der Waals surface area contributed by atoms with Gasteiger partial charge in [-0.1, -0.05) is 37.3 Å². The molecule has 7 heteroatoms. The molecule has 0 fully saturated rings. The second-order valence-corrected chi connectivity index (χ2v) is 8.69. The van der Waals surface area contributed by atoms with Gasteiger partial charge < -0.3 is 9.30 Å². The molecule has 0 saturated heterocycles. The van der Waals surface area contributed by atoms with E-state index in [-0.39, 0.29) is 18.6 Å². The molecule has 4 rings (SSSR count). The van der Waals surface area contributed by atoms with Crippen LogP contribution >= 0.6 is 0 Å². The van der Waals surface area contributed by atoms with E-state index in [1.54, 1.807) is 6.92 Å². The zero-order valence-electron chi connectivity index (χ0n) is 20.4. The summed E-state index contributed by atoms with van der Waals surface area (Å²) in [5.74, 6) is -1.40. The maximum atomic E-state index is 14.6. The van der Waals surface area contributed by atoms with Crippen LogP contribution in [0.1, 0.15) is 60.0 Å². The van der Waals surface area contributed by atoms with Gasteiger partial charge in [-0.2, -0.15) is 0 Å². The zero-order chi connectivity index (χ0) is 25.1. The lowest BCUT2D eigenvalue weighted by Gasteiger charge is -2.19. The number of carbonyl (C=O) groups is 1. The topological polar surface area (TPSA) is 57.0 Å². The third-order valence-electron chi connectivity index (χ3n) is 6.15. The molecule has 35 heavy (non-hydrogen) atoms. The van der Waals surface area contributed by atoms with E-state index < -0.39 is 23.5 Å². The van der Waals surface area contributed by atoms with Gasteiger partial charge in [0.05, 0.1) is 19.6 Å². The Labute approximate surface area is 203 Å². The lowest BCUT2D eigenvalue weighted by Crippen LogP contribution is -2.13. The standard InChI is InChI=1S/C28H29F2N3O2/c1-5-25-32-27-17(3)13-18(4)31-28(27)33(25)16-19-7-9-20(10-8-19)23(15-26(34)35-6-2)22-12-11-21(29)14-24(22)30/h7-14,23H,5-6,15-16H2,1-4H3. The molecule has 0 bridgehead atoms. The highest BCUT2D eigenvalue weighted by Gasteiger charge is 2.23. The van der Waals surface area contributed by atoms with Gasteiger partial charge in [0.1, 0.15) is 23.0 Å². The van der Waals surface area contributed by atoms with Crippen molar-refractivity contribution in [3.63, 3.8) is 0 Å². The molecule has 2 heterocycles. The van der Waals surface area contributed by atoms with Crippen molar-refractivity contribution in [1.29, 1.82) is 0 Å². The number of halogens is 2. The van der Waals surface area contributed by atoms with E-state index >= 15 is 0 Å². The number of ether oxygens (including phenoxy) is 1. The molecule has 0 aliphatic heterocycles. The number of fused-ring (bicyclic) bond motifs is 1. The lowest BCUT2D eigenvalue weighted by atomic mass is 9.87. The van der Waals surface area contributed by atoms with Crippen LogP contribution in [0.5, 0.6) is 0 Å². The summed E-state index contributed by atoms with van der Waals surface area (Å²) < 4.78 is 35.4. The van der Waals surface area contributed by atoms with Crippen molar-refractivity contribution in [2.75, 3.05) is 6.61 Å². The first-order valence-corrected chi connectivity index (χ1v) is 11.8. The lowest BCUT2D eigenvalue weighted by molar-refractivity contribution is -0.143. The van der Waals surface area contributed by atoms with E-state index in [0.29, 0.717) is 6.54 Å². The van der Waals surface area contributed by atoms with Crippen LogP contribution in [-0.4, -0.2) is 27.1 Å². The van der Waals surface area contributed by atoms with Crippen LogP contribution in [0.25, 0.3) is 11.2 Å². The molecular formula is C28H29F2N3O2. The van der Waals surface area contributed by atoms with Gasteiger partial charge in [0.25, 0.3) is 0 Å². The fourth-order valence-corrected chi connectivity index (χ4v) is 4.50. The van der Waals surface area contributed by atoms with Crippen molar-refractivity contribution in [2.24, 2.45) is 0 Å². The van der Waals surface area contributed by atoms with Crippen molar-refractivity contribution in [1.82, 2.24) is 14.5 Å². The minimum Gasteiger partial charge on any atom is -0.466 e. The summed E-state index contributed by atoms with van der Waals surface area (Å²) in [5.41, 5.74) is 5.84. The second-order valence-electron chi connectivity index (χ2n) is 8.69. The number of aromatic nitrogens is 3. The van der Waals surface area contributed by atoms with Crippen LogP contribution in [-0.2, 0) is 22.5 Å². The van der Waals surface area contributed by atoms with E-state index in [4.69, 9.17) is 14.7 Å². The first-order chi connectivity index (χ1) is 16.8. The predicted octanol–water partition coefficient (Wildman–Crippen LogP) is 6.02. The van der Waals surface area contributed by atoms with E-state index in [9.17, 15) is 13.6 Å². The summed E-state index contributed by atoms with van der Waals surface area (Å²) in [6.07, 6.45) is 0.739. The highest BCUT2D eigenvalue weighted by Crippen LogP contribution is 2.31. The van der Waals surface area contributed by atoms with Gasteiger partial charge in [0, 0.05) is 24.1 Å². The largest absolute Gasteiger partial charge is 0.466 e. The number of hydrogen-bond acceptors (Lipinski definition) is 4. The van der Waals surface area contributed by atoms with E-state index in [1.807, 2.05) is 44.2 Å². The van der Waals surface area contributed by atoms with Gasteiger partial charge in [0.15, 0.2) is 5.65 Å². The third kappa shape index (κ3) is 5.24. The first-order valence-electron chi connectivity index (χ1n) is 11.8. The van der Waals surface area contributed by atoms with E-state index in [2.05, 4.69) is 11.5 Å². The number of pyridine rings is 1. The summed E-state index contributed by atoms with van der Waals surface area (Å²) >= 11 is 0. The molecule has 0 radical (unpaired) electrons. The first kappa shape index (κ1) is 24.5. The van der Waals surface area contributed by atoms with Crippen LogP contribution in [0.4, 0.5) is 8.78 Å². The average Bonchev–Trinajstić information content (AvgIpc) is 3.16. The quantitative estimate of drug-likeness (QED) is 0.291. The monoisotopic (exact) mass is 477 g/mol. The number of benzene rings is 2. The summed E-state index contributed by atoms with van der Waals surface area (Å²) in [6.45, 7) is 8.64. The van der Waals surface area contributed by atoms with Crippen LogP contribution in [0, 0.1) is 25.5 Å². The number of nitrogens with zero attached hydrogens (tertiary/aromatic N) is 3. The highest BCUT2D eigenvalue weighted by atomic mass is 19.1. The maximum Gasteiger partial charge on any atom is 0.306 e. The molecular weight excluding hydrogens is 448 g/mol. The summed E-state index contributed by atoms with van der Waals surface area (Å²) in [7, 11) is 0. The number of aryl methyl sites for hydroxylation is 3. The molecule has 0 N–H and O–H groups in total. The van der Waals surface area contributed by atoms with Gasteiger partial charge >= 0.3 is 5.97 Å². The molecule has 182 valence electrons. The van der Waals surface area contributed by atoms with E-state index in [1.165, 1.54) is 12.1 Å². The second kappa shape index (κ2) is 10.3. The number of carbonyl (C=O) groups excluding carboxylic acids is 1. The van der Waals surface area contributed by atoms with Crippen molar-refractivity contribution < 1.29 is 18.3 Å². The number of rotatable bonds is 8. The van der Waals surface area contributed by atoms with Crippen molar-refractivity contribution in [3.8, 4) is 0 Å². The van der Waals surface area contributed by atoms with Crippen LogP contribution in [0.2, 0.25) is 0 Å². The molecule has 0 amide bonds. The Kier molecular flexibility index (Phi) is 7.24. The average molecular weight is 478 g/mol. The fraction of sp³-hybridized carbons (Fsp3) is 0.321. The summed E-state index contributed by atoms with van der Waals surface area (Å²) in [5, 5.41) is 0. The SMILES string of the molecule is CCOC(=O)CC(c1ccc(Cn2c(CC)nc3c(C)cc(C)nc32)cc1)c1ccc(F)cc1F. The van der Waals surface area contributed by atoms with Gasteiger partial charge in [-0.05, 0) is 55.2 Å². The normalized spacial score (nSPS) is 12.2. The van der Waals surface area contributed by atoms with Gasteiger partial charge in [0.2, 0.25) is 0 Å². The van der Waals surface area contributed by atoms with Crippen molar-refractivity contribution in [3.05, 3.63) is 93.9 Å².